The van der Waals surface area contributed by atoms with Crippen LogP contribution < -0.4 is 15.5 Å². The van der Waals surface area contributed by atoms with E-state index in [0.29, 0.717) is 30.4 Å². The highest BCUT2D eigenvalue weighted by Gasteiger charge is 2.26. The van der Waals surface area contributed by atoms with Gasteiger partial charge in [-0.25, -0.2) is 4.98 Å². The largest absolute Gasteiger partial charge is 0.378 e. The first-order chi connectivity index (χ1) is 19.7. The number of hydrogen-bond acceptors (Lipinski definition) is 8. The number of likely N-dealkylation sites (tertiary alicyclic amines) is 1. The first-order valence-electron chi connectivity index (χ1n) is 13.8. The standard InChI is InChI=1S/C30H34N8O2/c1-2-26(39)37-14-6-9-25(20-37)38-21-32-27-28(31-19-22-7-4-3-5-8-22)34-30(35-29(27)38)33-23-10-12-24(13-11-23)36-15-17-40-18-16-36/h2-5,7-8,10-13,21,25H,1,6,9,14-20H2,(H2,31,33,34,35). The molecule has 0 aliphatic carbocycles. The minimum Gasteiger partial charge on any atom is -0.378 e. The molecule has 6 rings (SSSR count). The van der Waals surface area contributed by atoms with Crippen LogP contribution in [0.15, 0.2) is 73.6 Å². The number of fused-ring (bicyclic) bond motifs is 1. The summed E-state index contributed by atoms with van der Waals surface area (Å²) in [5, 5.41) is 6.87. The molecular weight excluding hydrogens is 504 g/mol. The summed E-state index contributed by atoms with van der Waals surface area (Å²) in [6, 6.07) is 18.6. The highest BCUT2D eigenvalue weighted by atomic mass is 16.5. The van der Waals surface area contributed by atoms with Crippen LogP contribution in [-0.2, 0) is 16.1 Å². The summed E-state index contributed by atoms with van der Waals surface area (Å²) < 4.78 is 7.56. The first-order valence-corrected chi connectivity index (χ1v) is 13.8. The van der Waals surface area contributed by atoms with Gasteiger partial charge in [-0.2, -0.15) is 9.97 Å². The van der Waals surface area contributed by atoms with Crippen molar-refractivity contribution in [1.82, 2.24) is 24.4 Å². The van der Waals surface area contributed by atoms with E-state index in [1.54, 1.807) is 0 Å². The Balaban J connectivity index is 1.30. The topological polar surface area (TPSA) is 100 Å². The van der Waals surface area contributed by atoms with Crippen LogP contribution in [0.5, 0.6) is 0 Å². The summed E-state index contributed by atoms with van der Waals surface area (Å²) >= 11 is 0. The smallest absolute Gasteiger partial charge is 0.246 e. The molecule has 2 N–H and O–H groups in total. The summed E-state index contributed by atoms with van der Waals surface area (Å²) in [6.07, 6.45) is 5.05. The Morgan fingerprint density at radius 3 is 2.62 bits per heavy atom. The number of hydrogen-bond donors (Lipinski definition) is 2. The van der Waals surface area contributed by atoms with Gasteiger partial charge in [0.05, 0.1) is 25.6 Å². The number of carbonyl (C=O) groups excluding carboxylic acids is 1. The number of ether oxygens (including phenoxy) is 1. The van der Waals surface area contributed by atoms with E-state index in [2.05, 4.69) is 50.9 Å². The van der Waals surface area contributed by atoms with E-state index in [1.165, 1.54) is 11.8 Å². The Kier molecular flexibility index (Phi) is 7.58. The summed E-state index contributed by atoms with van der Waals surface area (Å²) in [7, 11) is 0. The van der Waals surface area contributed by atoms with Crippen molar-refractivity contribution in [1.29, 1.82) is 0 Å². The molecule has 2 aromatic carbocycles. The Bertz CT molecular complexity index is 1460. The van der Waals surface area contributed by atoms with Gasteiger partial charge in [0, 0.05) is 44.1 Å². The van der Waals surface area contributed by atoms with Crippen molar-refractivity contribution >= 4 is 40.2 Å². The number of piperidine rings is 1. The van der Waals surface area contributed by atoms with E-state index in [1.807, 2.05) is 41.6 Å². The zero-order valence-corrected chi connectivity index (χ0v) is 22.5. The van der Waals surface area contributed by atoms with Crippen LogP contribution in [0.25, 0.3) is 11.2 Å². The highest BCUT2D eigenvalue weighted by molar-refractivity contribution is 5.87. The number of nitrogens with one attached hydrogen (secondary N) is 2. The summed E-state index contributed by atoms with van der Waals surface area (Å²) in [5.74, 6) is 1.10. The van der Waals surface area contributed by atoms with Gasteiger partial charge in [0.2, 0.25) is 11.9 Å². The molecule has 206 valence electrons. The Hall–Kier alpha value is -4.44. The fourth-order valence-electron chi connectivity index (χ4n) is 5.36. The van der Waals surface area contributed by atoms with Gasteiger partial charge in [-0.1, -0.05) is 36.9 Å². The number of imidazole rings is 1. The number of amides is 1. The fraction of sp³-hybridized carbons (Fsp3) is 0.333. The Morgan fingerprint density at radius 2 is 1.85 bits per heavy atom. The van der Waals surface area contributed by atoms with E-state index in [0.717, 1.165) is 62.6 Å². The van der Waals surface area contributed by atoms with Gasteiger partial charge in [0.1, 0.15) is 0 Å². The number of nitrogens with zero attached hydrogens (tertiary/aromatic N) is 6. The maximum absolute atomic E-state index is 12.3. The lowest BCUT2D eigenvalue weighted by atomic mass is 10.1. The number of morpholine rings is 1. The molecule has 0 saturated carbocycles. The van der Waals surface area contributed by atoms with Crippen LogP contribution in [-0.4, -0.2) is 69.7 Å². The highest BCUT2D eigenvalue weighted by Crippen LogP contribution is 2.29. The summed E-state index contributed by atoms with van der Waals surface area (Å²) in [4.78, 5) is 31.0. The Morgan fingerprint density at radius 1 is 1.05 bits per heavy atom. The zero-order valence-electron chi connectivity index (χ0n) is 22.5. The molecule has 2 aliphatic rings. The second-order valence-corrected chi connectivity index (χ2v) is 10.1. The van der Waals surface area contributed by atoms with E-state index < -0.39 is 0 Å². The van der Waals surface area contributed by atoms with Crippen LogP contribution >= 0.6 is 0 Å². The lowest BCUT2D eigenvalue weighted by Gasteiger charge is -2.32. The number of benzene rings is 2. The molecule has 0 spiro atoms. The minimum absolute atomic E-state index is 0.0446. The third-order valence-corrected chi connectivity index (χ3v) is 7.50. The van der Waals surface area contributed by atoms with E-state index in [4.69, 9.17) is 19.7 Å². The monoisotopic (exact) mass is 538 g/mol. The van der Waals surface area contributed by atoms with E-state index >= 15 is 0 Å². The molecule has 0 bridgehead atoms. The lowest BCUT2D eigenvalue weighted by molar-refractivity contribution is -0.127. The van der Waals surface area contributed by atoms with Crippen LogP contribution in [0.3, 0.4) is 0 Å². The normalized spacial score (nSPS) is 17.6. The molecule has 2 saturated heterocycles. The van der Waals surface area contributed by atoms with Crippen molar-refractivity contribution in [2.24, 2.45) is 0 Å². The maximum atomic E-state index is 12.3. The second kappa shape index (κ2) is 11.7. The Labute approximate surface area is 233 Å². The van der Waals surface area contributed by atoms with Gasteiger partial charge in [0.15, 0.2) is 17.0 Å². The van der Waals surface area contributed by atoms with Crippen molar-refractivity contribution in [3.05, 3.63) is 79.1 Å². The van der Waals surface area contributed by atoms with Crippen molar-refractivity contribution < 1.29 is 9.53 Å². The van der Waals surface area contributed by atoms with Crippen LogP contribution in [0, 0.1) is 0 Å². The first kappa shape index (κ1) is 25.8. The lowest BCUT2D eigenvalue weighted by Crippen LogP contribution is -2.39. The molecule has 1 atom stereocenters. The average Bonchev–Trinajstić information content (AvgIpc) is 3.45. The predicted molar refractivity (Wildman–Crippen MR) is 157 cm³/mol. The molecule has 1 amide bonds. The molecule has 2 aliphatic heterocycles. The quantitative estimate of drug-likeness (QED) is 0.319. The van der Waals surface area contributed by atoms with Crippen molar-refractivity contribution in [2.45, 2.75) is 25.4 Å². The molecule has 10 nitrogen and oxygen atoms in total. The van der Waals surface area contributed by atoms with E-state index in [-0.39, 0.29) is 11.9 Å². The molecule has 10 heteroatoms. The second-order valence-electron chi connectivity index (χ2n) is 10.1. The average molecular weight is 539 g/mol. The SMILES string of the molecule is C=CC(=O)N1CCCC(n2cnc3c(NCc4ccccc4)nc(Nc4ccc(N5CCOCC5)cc4)nc32)C1. The molecule has 1 unspecified atom stereocenters. The van der Waals surface area contributed by atoms with Crippen LogP contribution in [0.1, 0.15) is 24.4 Å². The molecule has 2 fully saturated rings. The van der Waals surface area contributed by atoms with Gasteiger partial charge >= 0.3 is 0 Å². The van der Waals surface area contributed by atoms with Gasteiger partial charge in [-0.3, -0.25) is 4.79 Å². The number of carbonyl (C=O) groups is 1. The fourth-order valence-corrected chi connectivity index (χ4v) is 5.36. The number of rotatable bonds is 8. The van der Waals surface area contributed by atoms with Gasteiger partial charge < -0.3 is 29.7 Å². The van der Waals surface area contributed by atoms with Gasteiger partial charge in [0.25, 0.3) is 0 Å². The third-order valence-electron chi connectivity index (χ3n) is 7.50. The maximum Gasteiger partial charge on any atom is 0.246 e. The van der Waals surface area contributed by atoms with Crippen molar-refractivity contribution in [3.63, 3.8) is 0 Å². The number of anilines is 4. The molecular formula is C30H34N8O2. The van der Waals surface area contributed by atoms with Gasteiger partial charge in [-0.05, 0) is 48.7 Å². The molecule has 4 aromatic rings. The van der Waals surface area contributed by atoms with Crippen molar-refractivity contribution in [3.8, 4) is 0 Å². The molecule has 2 aromatic heterocycles. The van der Waals surface area contributed by atoms with E-state index in [9.17, 15) is 4.79 Å². The summed E-state index contributed by atoms with van der Waals surface area (Å²) in [5.41, 5.74) is 4.65. The minimum atomic E-state index is -0.0446. The molecule has 0 radical (unpaired) electrons. The molecule has 40 heavy (non-hydrogen) atoms. The zero-order chi connectivity index (χ0) is 27.3. The van der Waals surface area contributed by atoms with Gasteiger partial charge in [-0.15, -0.1) is 0 Å². The predicted octanol–water partition coefficient (Wildman–Crippen LogP) is 4.37. The number of aromatic nitrogens is 4. The van der Waals surface area contributed by atoms with Crippen molar-refractivity contribution in [2.75, 3.05) is 54.9 Å². The van der Waals surface area contributed by atoms with Crippen LogP contribution in [0.2, 0.25) is 0 Å². The van der Waals surface area contributed by atoms with Crippen LogP contribution in [0.4, 0.5) is 23.1 Å². The third kappa shape index (κ3) is 5.62. The summed E-state index contributed by atoms with van der Waals surface area (Å²) in [6.45, 7) is 8.89. The molecule has 4 heterocycles.